The number of hydrogen-bond donors (Lipinski definition) is 4. The number of ether oxygens (including phenoxy) is 1. The lowest BCUT2D eigenvalue weighted by Gasteiger charge is -2.13. The first-order chi connectivity index (χ1) is 8.18. The van der Waals surface area contributed by atoms with Gasteiger partial charge in [-0.1, -0.05) is 12.1 Å². The fourth-order valence-corrected chi connectivity index (χ4v) is 1.63. The maximum atomic E-state index is 11.4. The molecule has 0 spiro atoms. The third kappa shape index (κ3) is 6.91. The zero-order valence-electron chi connectivity index (χ0n) is 10.4. The van der Waals surface area contributed by atoms with E-state index < -0.39 is 28.3 Å². The molecule has 0 saturated carbocycles. The highest BCUT2D eigenvalue weighted by Gasteiger charge is 2.18. The molecule has 0 aromatic carbocycles. The molecule has 0 rings (SSSR count). The summed E-state index contributed by atoms with van der Waals surface area (Å²) in [6, 6.07) is 0. The van der Waals surface area contributed by atoms with Crippen molar-refractivity contribution in [3.05, 3.63) is 0 Å². The van der Waals surface area contributed by atoms with E-state index in [4.69, 9.17) is 10.9 Å². The molecule has 9 nitrogen and oxygen atoms in total. The van der Waals surface area contributed by atoms with Gasteiger partial charge in [0.15, 0.2) is 0 Å². The molecule has 5 N–H and O–H groups in total. The van der Waals surface area contributed by atoms with Crippen LogP contribution in [0.15, 0.2) is 5.16 Å². The first kappa shape index (κ1) is 16.4. The van der Waals surface area contributed by atoms with Crippen molar-refractivity contribution < 1.29 is 23.2 Å². The quantitative estimate of drug-likeness (QED) is 0.220. The van der Waals surface area contributed by atoms with Gasteiger partial charge in [-0.25, -0.2) is 9.52 Å². The first-order valence-electron chi connectivity index (χ1n) is 5.13. The zero-order chi connectivity index (χ0) is 14.3. The average Bonchev–Trinajstić information content (AvgIpc) is 2.22. The van der Waals surface area contributed by atoms with Gasteiger partial charge in [-0.3, -0.25) is 0 Å². The van der Waals surface area contributed by atoms with Crippen molar-refractivity contribution >= 4 is 22.1 Å². The van der Waals surface area contributed by atoms with E-state index in [1.54, 1.807) is 25.5 Å². The monoisotopic (exact) mass is 282 g/mol. The van der Waals surface area contributed by atoms with Gasteiger partial charge < -0.3 is 15.7 Å². The van der Waals surface area contributed by atoms with E-state index in [9.17, 15) is 13.2 Å². The minimum Gasteiger partial charge on any atom is -0.446 e. The summed E-state index contributed by atoms with van der Waals surface area (Å²) in [6.07, 6.45) is -1.51. The van der Waals surface area contributed by atoms with Gasteiger partial charge in [0.25, 0.3) is 0 Å². The van der Waals surface area contributed by atoms with Gasteiger partial charge in [0.05, 0.1) is 6.10 Å². The Hall–Kier alpha value is -1.55. The summed E-state index contributed by atoms with van der Waals surface area (Å²) in [5, 5.41) is 11.1. The van der Waals surface area contributed by atoms with E-state index in [-0.39, 0.29) is 12.4 Å². The molecule has 1 amide bonds. The molecular weight excluding hydrogens is 264 g/mol. The predicted octanol–water partition coefficient (Wildman–Crippen LogP) is -0.662. The maximum Gasteiger partial charge on any atom is 0.422 e. The Morgan fingerprint density at radius 1 is 1.44 bits per heavy atom. The molecule has 0 aromatic rings. The highest BCUT2D eigenvalue weighted by Crippen LogP contribution is 1.94. The van der Waals surface area contributed by atoms with E-state index in [1.807, 2.05) is 0 Å². The Morgan fingerprint density at radius 2 is 2.00 bits per heavy atom. The van der Waals surface area contributed by atoms with Gasteiger partial charge in [-0.15, -0.1) is 0 Å². The van der Waals surface area contributed by atoms with Crippen molar-refractivity contribution in [1.82, 2.24) is 9.44 Å². The Balaban J connectivity index is 4.29. The Kier molecular flexibility index (Phi) is 6.41. The third-order valence-corrected chi connectivity index (χ3v) is 2.74. The lowest BCUT2D eigenvalue weighted by atomic mass is 10.2. The predicted molar refractivity (Wildman–Crippen MR) is 64.2 cm³/mol. The molecule has 0 aliphatic rings. The van der Waals surface area contributed by atoms with Crippen LogP contribution in [0.4, 0.5) is 4.79 Å². The molecule has 18 heavy (non-hydrogen) atoms. The van der Waals surface area contributed by atoms with Crippen molar-refractivity contribution in [3.8, 4) is 0 Å². The molecule has 0 fully saturated rings. The van der Waals surface area contributed by atoms with E-state index in [0.717, 1.165) is 0 Å². The van der Waals surface area contributed by atoms with Crippen LogP contribution in [0.2, 0.25) is 0 Å². The number of rotatable bonds is 6. The second-order valence-corrected chi connectivity index (χ2v) is 5.33. The highest BCUT2D eigenvalue weighted by molar-refractivity contribution is 7.88. The molecule has 0 aliphatic heterocycles. The average molecular weight is 282 g/mol. The summed E-state index contributed by atoms with van der Waals surface area (Å²) >= 11 is 0. The van der Waals surface area contributed by atoms with Crippen molar-refractivity contribution in [2.24, 2.45) is 16.8 Å². The fourth-order valence-electron chi connectivity index (χ4n) is 0.822. The van der Waals surface area contributed by atoms with Gasteiger partial charge in [0.2, 0.25) is 0 Å². The van der Waals surface area contributed by atoms with Gasteiger partial charge >= 0.3 is 16.3 Å². The topological polar surface area (TPSA) is 143 Å². The SMILES string of the molecule is CC(C)OC(=O)NS(=O)(=O)NCC(C)C(N)=NO. The fraction of sp³-hybridized carbons (Fsp3) is 0.750. The molecule has 1 unspecified atom stereocenters. The molecule has 10 heteroatoms. The van der Waals surface area contributed by atoms with Crippen LogP contribution < -0.4 is 15.2 Å². The van der Waals surface area contributed by atoms with Crippen LogP contribution in [-0.4, -0.2) is 38.2 Å². The number of nitrogens with one attached hydrogen (secondary N) is 2. The highest BCUT2D eigenvalue weighted by atomic mass is 32.2. The van der Waals surface area contributed by atoms with Crippen LogP contribution >= 0.6 is 0 Å². The maximum absolute atomic E-state index is 11.4. The molecule has 0 radical (unpaired) electrons. The second-order valence-electron chi connectivity index (χ2n) is 3.83. The van der Waals surface area contributed by atoms with Crippen LogP contribution in [0.25, 0.3) is 0 Å². The van der Waals surface area contributed by atoms with Crippen LogP contribution in [-0.2, 0) is 14.9 Å². The molecule has 0 heterocycles. The van der Waals surface area contributed by atoms with Crippen LogP contribution in [0.3, 0.4) is 0 Å². The van der Waals surface area contributed by atoms with E-state index in [2.05, 4.69) is 14.6 Å². The number of hydrogen-bond acceptors (Lipinski definition) is 6. The van der Waals surface area contributed by atoms with Gasteiger partial charge in [-0.05, 0) is 13.8 Å². The molecule has 1 atom stereocenters. The van der Waals surface area contributed by atoms with Gasteiger partial charge in [0, 0.05) is 12.5 Å². The lowest BCUT2D eigenvalue weighted by molar-refractivity contribution is 0.121. The third-order valence-electron chi connectivity index (χ3n) is 1.76. The normalized spacial score (nSPS) is 14.3. The van der Waals surface area contributed by atoms with Gasteiger partial charge in [-0.2, -0.15) is 13.1 Å². The number of carbonyl (C=O) groups excluding carboxylic acids is 1. The number of nitrogens with zero attached hydrogens (tertiary/aromatic N) is 1. The first-order valence-corrected chi connectivity index (χ1v) is 6.61. The van der Waals surface area contributed by atoms with E-state index in [1.165, 1.54) is 0 Å². The Morgan fingerprint density at radius 3 is 2.44 bits per heavy atom. The van der Waals surface area contributed by atoms with Gasteiger partial charge in [0.1, 0.15) is 5.84 Å². The number of amidine groups is 1. The number of carbonyl (C=O) groups is 1. The van der Waals surface area contributed by atoms with Crippen molar-refractivity contribution in [3.63, 3.8) is 0 Å². The van der Waals surface area contributed by atoms with E-state index >= 15 is 0 Å². The van der Waals surface area contributed by atoms with Crippen molar-refractivity contribution in [2.45, 2.75) is 26.9 Å². The van der Waals surface area contributed by atoms with Crippen LogP contribution in [0.1, 0.15) is 20.8 Å². The lowest BCUT2D eigenvalue weighted by Crippen LogP contribution is -2.44. The number of nitrogens with two attached hydrogens (primary N) is 1. The number of oxime groups is 1. The summed E-state index contributed by atoms with van der Waals surface area (Å²) in [5.41, 5.74) is 5.27. The Bertz CT molecular complexity index is 406. The Labute approximate surface area is 106 Å². The second kappa shape index (κ2) is 7.01. The standard InChI is InChI=1S/C8H18N4O5S/c1-5(2)17-8(13)12-18(15,16)10-4-6(3)7(9)11-14/h5-6,10,14H,4H2,1-3H3,(H2,9,11)(H,12,13). The van der Waals surface area contributed by atoms with Crippen LogP contribution in [0.5, 0.6) is 0 Å². The summed E-state index contributed by atoms with van der Waals surface area (Å²) in [7, 11) is -4.03. The van der Waals surface area contributed by atoms with Crippen LogP contribution in [0, 0.1) is 5.92 Å². The summed E-state index contributed by atoms with van der Waals surface area (Å²) in [6.45, 7) is 4.59. The molecule has 0 saturated heterocycles. The summed E-state index contributed by atoms with van der Waals surface area (Å²) < 4.78 is 31.1. The smallest absolute Gasteiger partial charge is 0.422 e. The zero-order valence-corrected chi connectivity index (χ0v) is 11.2. The summed E-state index contributed by atoms with van der Waals surface area (Å²) in [4.78, 5) is 11.1. The molecular formula is C8H18N4O5S. The molecule has 0 aromatic heterocycles. The minimum atomic E-state index is -4.03. The molecule has 0 aliphatic carbocycles. The molecule has 0 bridgehead atoms. The number of amides is 1. The molecule has 106 valence electrons. The minimum absolute atomic E-state index is 0.123. The van der Waals surface area contributed by atoms with E-state index in [0.29, 0.717) is 0 Å². The summed E-state index contributed by atoms with van der Waals surface area (Å²) in [5.74, 6) is -0.643. The van der Waals surface area contributed by atoms with Crippen molar-refractivity contribution in [2.75, 3.05) is 6.54 Å². The van der Waals surface area contributed by atoms with Crippen molar-refractivity contribution in [1.29, 1.82) is 0 Å². The largest absolute Gasteiger partial charge is 0.446 e.